The standard InChI is InChI=1S/C36H37Cl2N3O4S/c1-26-13-8-9-16-28(26)24-40(33(23-27-14-4-2-5-15-27)36(43)39-29-17-10-11-18-29)34(42)25-41(32-22-12-21-31(37)35(32)38)46(44,45)30-19-6-3-7-20-30/h2-9,12-16,19-22,29,33H,10-11,17-18,23-25H2,1H3,(H,39,43). The lowest BCUT2D eigenvalue weighted by molar-refractivity contribution is -0.140. The fraction of sp³-hybridized carbons (Fsp3) is 0.278. The molecule has 1 saturated carbocycles. The highest BCUT2D eigenvalue weighted by Crippen LogP contribution is 2.35. The summed E-state index contributed by atoms with van der Waals surface area (Å²) in [6.45, 7) is 1.44. The fourth-order valence-electron chi connectivity index (χ4n) is 5.81. The van der Waals surface area contributed by atoms with Crippen molar-refractivity contribution >= 4 is 50.7 Å². The highest BCUT2D eigenvalue weighted by molar-refractivity contribution is 7.92. The molecule has 46 heavy (non-hydrogen) atoms. The molecule has 1 aliphatic carbocycles. The molecule has 7 nitrogen and oxygen atoms in total. The second-order valence-corrected chi connectivity index (χ2v) is 14.2. The van der Waals surface area contributed by atoms with Crippen molar-refractivity contribution in [1.29, 1.82) is 0 Å². The van der Waals surface area contributed by atoms with Gasteiger partial charge < -0.3 is 10.2 Å². The molecule has 0 bridgehead atoms. The predicted molar refractivity (Wildman–Crippen MR) is 183 cm³/mol. The molecular formula is C36H37Cl2N3O4S. The third kappa shape index (κ3) is 7.92. The van der Waals surface area contributed by atoms with E-state index in [4.69, 9.17) is 23.2 Å². The Morgan fingerprint density at radius 2 is 1.48 bits per heavy atom. The summed E-state index contributed by atoms with van der Waals surface area (Å²) < 4.78 is 29.3. The van der Waals surface area contributed by atoms with Gasteiger partial charge in [-0.2, -0.15) is 0 Å². The van der Waals surface area contributed by atoms with Crippen LogP contribution in [0.5, 0.6) is 0 Å². The second-order valence-electron chi connectivity index (χ2n) is 11.5. The van der Waals surface area contributed by atoms with Gasteiger partial charge >= 0.3 is 0 Å². The number of aryl methyl sites for hydroxylation is 1. The summed E-state index contributed by atoms with van der Waals surface area (Å²) in [6.07, 6.45) is 4.08. The minimum Gasteiger partial charge on any atom is -0.352 e. The molecule has 1 aliphatic rings. The van der Waals surface area contributed by atoms with Crippen molar-refractivity contribution in [3.63, 3.8) is 0 Å². The van der Waals surface area contributed by atoms with Crippen molar-refractivity contribution in [2.75, 3.05) is 10.8 Å². The van der Waals surface area contributed by atoms with Gasteiger partial charge in [-0.1, -0.05) is 115 Å². The van der Waals surface area contributed by atoms with Gasteiger partial charge in [-0.25, -0.2) is 8.42 Å². The Morgan fingerprint density at radius 3 is 2.15 bits per heavy atom. The molecule has 1 unspecified atom stereocenters. The van der Waals surface area contributed by atoms with Gasteiger partial charge in [0.05, 0.1) is 20.6 Å². The van der Waals surface area contributed by atoms with Gasteiger partial charge in [-0.05, 0) is 60.7 Å². The van der Waals surface area contributed by atoms with Crippen LogP contribution in [0.2, 0.25) is 10.0 Å². The van der Waals surface area contributed by atoms with Crippen molar-refractivity contribution in [3.05, 3.63) is 130 Å². The molecule has 5 rings (SSSR count). The van der Waals surface area contributed by atoms with Crippen molar-refractivity contribution in [2.24, 2.45) is 0 Å². The van der Waals surface area contributed by atoms with Crippen LogP contribution in [0, 0.1) is 6.92 Å². The molecule has 0 spiro atoms. The molecule has 0 heterocycles. The molecule has 240 valence electrons. The summed E-state index contributed by atoms with van der Waals surface area (Å²) in [5, 5.41) is 3.34. The Labute approximate surface area is 281 Å². The summed E-state index contributed by atoms with van der Waals surface area (Å²) in [6, 6.07) is 28.8. The zero-order valence-corrected chi connectivity index (χ0v) is 27.9. The number of nitrogens with zero attached hydrogens (tertiary/aromatic N) is 2. The first-order chi connectivity index (χ1) is 22.1. The highest BCUT2D eigenvalue weighted by Gasteiger charge is 2.36. The van der Waals surface area contributed by atoms with Crippen LogP contribution >= 0.6 is 23.2 Å². The molecule has 0 radical (unpaired) electrons. The fourth-order valence-corrected chi connectivity index (χ4v) is 7.71. The Bertz CT molecular complexity index is 1760. The number of carbonyl (C=O) groups is 2. The average Bonchev–Trinajstić information content (AvgIpc) is 3.57. The minimum absolute atomic E-state index is 0.00161. The number of benzene rings is 4. The van der Waals surface area contributed by atoms with Crippen LogP contribution in [0.3, 0.4) is 0 Å². The average molecular weight is 679 g/mol. The number of rotatable bonds is 12. The molecule has 0 saturated heterocycles. The van der Waals surface area contributed by atoms with Crippen LogP contribution < -0.4 is 9.62 Å². The van der Waals surface area contributed by atoms with E-state index in [-0.39, 0.29) is 45.5 Å². The topological polar surface area (TPSA) is 86.8 Å². The third-order valence-corrected chi connectivity index (χ3v) is 11.0. The van der Waals surface area contributed by atoms with E-state index >= 15 is 0 Å². The van der Waals surface area contributed by atoms with Crippen molar-refractivity contribution in [2.45, 2.75) is 62.6 Å². The van der Waals surface area contributed by atoms with Crippen LogP contribution in [0.1, 0.15) is 42.4 Å². The molecule has 4 aromatic rings. The molecule has 1 atom stereocenters. The van der Waals surface area contributed by atoms with E-state index in [1.54, 1.807) is 30.3 Å². The number of hydrogen-bond donors (Lipinski definition) is 1. The van der Waals surface area contributed by atoms with E-state index < -0.39 is 28.5 Å². The van der Waals surface area contributed by atoms with E-state index in [1.165, 1.54) is 23.1 Å². The number of amides is 2. The SMILES string of the molecule is Cc1ccccc1CN(C(=O)CN(c1cccc(Cl)c1Cl)S(=O)(=O)c1ccccc1)C(Cc1ccccc1)C(=O)NC1CCCC1. The normalized spacial score (nSPS) is 14.1. The van der Waals surface area contributed by atoms with Crippen LogP contribution in [0.25, 0.3) is 0 Å². The summed E-state index contributed by atoms with van der Waals surface area (Å²) in [5.41, 5.74) is 2.74. The molecule has 10 heteroatoms. The van der Waals surface area contributed by atoms with Crippen LogP contribution in [0.4, 0.5) is 5.69 Å². The van der Waals surface area contributed by atoms with E-state index in [0.29, 0.717) is 0 Å². The molecule has 0 aliphatic heterocycles. The zero-order valence-electron chi connectivity index (χ0n) is 25.6. The Balaban J connectivity index is 1.59. The van der Waals surface area contributed by atoms with Crippen LogP contribution in [0.15, 0.2) is 108 Å². The first kappa shape index (κ1) is 33.5. The van der Waals surface area contributed by atoms with Crippen LogP contribution in [-0.2, 0) is 32.6 Å². The van der Waals surface area contributed by atoms with Crippen molar-refractivity contribution < 1.29 is 18.0 Å². The van der Waals surface area contributed by atoms with E-state index in [9.17, 15) is 18.0 Å². The first-order valence-electron chi connectivity index (χ1n) is 15.3. The van der Waals surface area contributed by atoms with Gasteiger partial charge in [0.2, 0.25) is 11.8 Å². The van der Waals surface area contributed by atoms with Gasteiger partial charge in [-0.15, -0.1) is 0 Å². The summed E-state index contributed by atoms with van der Waals surface area (Å²) >= 11 is 12.9. The number of hydrogen-bond acceptors (Lipinski definition) is 4. The summed E-state index contributed by atoms with van der Waals surface area (Å²) in [5.74, 6) is -0.822. The monoisotopic (exact) mass is 677 g/mol. The summed E-state index contributed by atoms with van der Waals surface area (Å²) in [4.78, 5) is 30.3. The second kappa shape index (κ2) is 15.2. The molecule has 1 fully saturated rings. The van der Waals surface area contributed by atoms with Gasteiger partial charge in [0.1, 0.15) is 12.6 Å². The summed E-state index contributed by atoms with van der Waals surface area (Å²) in [7, 11) is -4.28. The molecule has 2 amide bonds. The maximum absolute atomic E-state index is 14.7. The predicted octanol–water partition coefficient (Wildman–Crippen LogP) is 7.20. The quantitative estimate of drug-likeness (QED) is 0.172. The van der Waals surface area contributed by atoms with Gasteiger partial charge in [0.15, 0.2) is 0 Å². The largest absolute Gasteiger partial charge is 0.352 e. The highest BCUT2D eigenvalue weighted by atomic mass is 35.5. The maximum atomic E-state index is 14.7. The Kier molecular flexibility index (Phi) is 11.0. The molecular weight excluding hydrogens is 641 g/mol. The molecule has 1 N–H and O–H groups in total. The van der Waals surface area contributed by atoms with Crippen LogP contribution in [-0.4, -0.2) is 43.8 Å². The number of sulfonamides is 1. The smallest absolute Gasteiger partial charge is 0.264 e. The Hall–Kier alpha value is -3.85. The van der Waals surface area contributed by atoms with Gasteiger partial charge in [0, 0.05) is 19.0 Å². The Morgan fingerprint density at radius 1 is 0.848 bits per heavy atom. The molecule has 0 aromatic heterocycles. The number of carbonyl (C=O) groups excluding carboxylic acids is 2. The number of anilines is 1. The third-order valence-electron chi connectivity index (χ3n) is 8.38. The lowest BCUT2D eigenvalue weighted by Crippen LogP contribution is -2.54. The van der Waals surface area contributed by atoms with Crippen molar-refractivity contribution in [1.82, 2.24) is 10.2 Å². The van der Waals surface area contributed by atoms with Gasteiger partial charge in [-0.3, -0.25) is 13.9 Å². The molecule has 4 aromatic carbocycles. The lowest BCUT2D eigenvalue weighted by atomic mass is 10.0. The first-order valence-corrected chi connectivity index (χ1v) is 17.5. The lowest BCUT2D eigenvalue weighted by Gasteiger charge is -2.35. The van der Waals surface area contributed by atoms with E-state index in [2.05, 4.69) is 5.32 Å². The maximum Gasteiger partial charge on any atom is 0.264 e. The number of nitrogens with one attached hydrogen (secondary N) is 1. The van der Waals surface area contributed by atoms with Gasteiger partial charge in [0.25, 0.3) is 10.0 Å². The van der Waals surface area contributed by atoms with E-state index in [0.717, 1.165) is 46.7 Å². The number of halogens is 2. The van der Waals surface area contributed by atoms with Crippen molar-refractivity contribution in [3.8, 4) is 0 Å². The zero-order chi connectivity index (χ0) is 32.7. The minimum atomic E-state index is -4.28. The van der Waals surface area contributed by atoms with E-state index in [1.807, 2.05) is 61.5 Å².